The lowest BCUT2D eigenvalue weighted by Crippen LogP contribution is -2.46. The summed E-state index contributed by atoms with van der Waals surface area (Å²) in [6.07, 6.45) is 1.67. The maximum absolute atomic E-state index is 11.7. The third kappa shape index (κ3) is 6.22. The predicted molar refractivity (Wildman–Crippen MR) is 183 cm³/mol. The molecule has 0 radical (unpaired) electrons. The molecule has 11 nitrogen and oxygen atoms in total. The maximum atomic E-state index is 11.7. The molecule has 11 heteroatoms. The molecule has 0 bridgehead atoms. The van der Waals surface area contributed by atoms with Crippen molar-refractivity contribution < 1.29 is 4.79 Å². The van der Waals surface area contributed by atoms with Crippen molar-refractivity contribution in [3.63, 3.8) is 0 Å². The zero-order valence-electron chi connectivity index (χ0n) is 25.8. The van der Waals surface area contributed by atoms with Gasteiger partial charge in [0.05, 0.1) is 11.3 Å². The van der Waals surface area contributed by atoms with Crippen LogP contribution in [0, 0.1) is 11.3 Å². The Morgan fingerprint density at radius 1 is 0.915 bits per heavy atom. The van der Waals surface area contributed by atoms with Crippen molar-refractivity contribution in [3.05, 3.63) is 108 Å². The largest absolute Gasteiger partial charge is 0.383 e. The van der Waals surface area contributed by atoms with Crippen molar-refractivity contribution in [3.8, 4) is 34.4 Å². The van der Waals surface area contributed by atoms with Gasteiger partial charge in [0.25, 0.3) is 0 Å². The van der Waals surface area contributed by atoms with E-state index in [1.165, 1.54) is 12.5 Å². The fourth-order valence-corrected chi connectivity index (χ4v) is 5.91. The van der Waals surface area contributed by atoms with E-state index in [0.29, 0.717) is 28.7 Å². The number of amides is 1. The van der Waals surface area contributed by atoms with E-state index >= 15 is 0 Å². The molecule has 47 heavy (non-hydrogen) atoms. The number of piperazine rings is 1. The first-order valence-electron chi connectivity index (χ1n) is 15.4. The number of imidazole rings is 1. The zero-order valence-corrected chi connectivity index (χ0v) is 25.8. The van der Waals surface area contributed by atoms with Gasteiger partial charge < -0.3 is 16.0 Å². The number of nitriles is 1. The van der Waals surface area contributed by atoms with E-state index in [1.807, 2.05) is 65.2 Å². The smallest absolute Gasteiger partial charge is 0.221 e. The minimum atomic E-state index is -0.132. The lowest BCUT2D eigenvalue weighted by atomic mass is 10.1. The summed E-state index contributed by atoms with van der Waals surface area (Å²) in [7, 11) is 0. The number of nitrogens with two attached hydrogens (primary N) is 1. The molecule has 2 aromatic carbocycles. The van der Waals surface area contributed by atoms with Crippen LogP contribution in [0.25, 0.3) is 39.5 Å². The van der Waals surface area contributed by atoms with E-state index in [9.17, 15) is 10.1 Å². The lowest BCUT2D eigenvalue weighted by Gasteiger charge is -2.35. The van der Waals surface area contributed by atoms with Gasteiger partial charge >= 0.3 is 0 Å². The summed E-state index contributed by atoms with van der Waals surface area (Å²) < 4.78 is 2.02. The number of hydrogen-bond donors (Lipinski definition) is 2. The Balaban J connectivity index is 1.18. The molecule has 1 saturated heterocycles. The highest BCUT2D eigenvalue weighted by atomic mass is 16.1. The lowest BCUT2D eigenvalue weighted by molar-refractivity contribution is -0.114. The number of pyridine rings is 3. The number of anilines is 3. The van der Waals surface area contributed by atoms with Crippen LogP contribution in [-0.2, 0) is 11.3 Å². The van der Waals surface area contributed by atoms with Gasteiger partial charge in [-0.05, 0) is 66.2 Å². The highest BCUT2D eigenvalue weighted by molar-refractivity contribution is 5.90. The van der Waals surface area contributed by atoms with Gasteiger partial charge in [-0.25, -0.2) is 19.9 Å². The minimum Gasteiger partial charge on any atom is -0.383 e. The van der Waals surface area contributed by atoms with Crippen LogP contribution < -0.4 is 16.0 Å². The summed E-state index contributed by atoms with van der Waals surface area (Å²) >= 11 is 0. The molecular formula is C36H32N10O. The van der Waals surface area contributed by atoms with Crippen molar-refractivity contribution in [2.45, 2.75) is 13.5 Å². The third-order valence-corrected chi connectivity index (χ3v) is 8.21. The number of benzene rings is 2. The van der Waals surface area contributed by atoms with Gasteiger partial charge in [0, 0.05) is 62.8 Å². The first-order chi connectivity index (χ1) is 22.9. The standard InChI is InChI=1S/C36H32N10O/c1-24(47)40-27-6-2-5-26(21-27)31-14-15-32-36(42-31)46(35(43-32)30-8-4-16-39-34(30)38)29-12-10-25(11-13-29)23-44-17-19-45(20-18-44)33-9-3-7-28(22-37)41-33/h2-16,21H,17-20,23H2,1H3,(H2,38,39)(H,40,47). The fourth-order valence-electron chi connectivity index (χ4n) is 5.91. The average Bonchev–Trinajstić information content (AvgIpc) is 3.47. The number of fused-ring (bicyclic) bond motifs is 1. The second-order valence-electron chi connectivity index (χ2n) is 11.4. The Labute approximate surface area is 272 Å². The summed E-state index contributed by atoms with van der Waals surface area (Å²) in [4.78, 5) is 35.1. The van der Waals surface area contributed by atoms with Gasteiger partial charge in [-0.2, -0.15) is 5.26 Å². The first-order valence-corrected chi connectivity index (χ1v) is 15.4. The summed E-state index contributed by atoms with van der Waals surface area (Å²) in [5, 5.41) is 12.1. The molecule has 7 rings (SSSR count). The van der Waals surface area contributed by atoms with Crippen LogP contribution in [0.4, 0.5) is 17.3 Å². The molecule has 6 aromatic rings. The molecule has 3 N–H and O–H groups in total. The van der Waals surface area contributed by atoms with Crippen LogP contribution in [0.3, 0.4) is 0 Å². The van der Waals surface area contributed by atoms with Crippen molar-refractivity contribution in [1.29, 1.82) is 5.26 Å². The molecule has 232 valence electrons. The second-order valence-corrected chi connectivity index (χ2v) is 11.4. The predicted octanol–water partition coefficient (Wildman–Crippen LogP) is 5.28. The van der Waals surface area contributed by atoms with Gasteiger partial charge in [-0.15, -0.1) is 0 Å². The Kier molecular flexibility index (Phi) is 8.00. The molecule has 1 aliphatic heterocycles. The molecule has 0 unspecified atom stereocenters. The fraction of sp³-hybridized carbons (Fsp3) is 0.167. The Bertz CT molecular complexity index is 2130. The maximum Gasteiger partial charge on any atom is 0.221 e. The van der Waals surface area contributed by atoms with Gasteiger partial charge in [0.2, 0.25) is 5.91 Å². The summed E-state index contributed by atoms with van der Waals surface area (Å²) in [5.74, 6) is 1.76. The molecular weight excluding hydrogens is 588 g/mol. The molecule has 0 atom stereocenters. The molecule has 0 spiro atoms. The van der Waals surface area contributed by atoms with Crippen molar-refractivity contribution in [1.82, 2.24) is 29.4 Å². The number of carbonyl (C=O) groups is 1. The van der Waals surface area contributed by atoms with E-state index < -0.39 is 0 Å². The third-order valence-electron chi connectivity index (χ3n) is 8.21. The highest BCUT2D eigenvalue weighted by Crippen LogP contribution is 2.32. The van der Waals surface area contributed by atoms with Crippen LogP contribution in [0.15, 0.2) is 97.2 Å². The number of aromatic nitrogens is 5. The molecule has 1 aliphatic rings. The summed E-state index contributed by atoms with van der Waals surface area (Å²) in [5.41, 5.74) is 13.3. The number of nitrogens with one attached hydrogen (secondary N) is 1. The summed E-state index contributed by atoms with van der Waals surface area (Å²) in [6.45, 7) is 5.79. The zero-order chi connectivity index (χ0) is 32.3. The number of rotatable bonds is 7. The van der Waals surface area contributed by atoms with E-state index in [-0.39, 0.29) is 5.91 Å². The topological polar surface area (TPSA) is 142 Å². The van der Waals surface area contributed by atoms with Crippen molar-refractivity contribution in [2.24, 2.45) is 0 Å². The molecule has 5 heterocycles. The second kappa shape index (κ2) is 12.7. The monoisotopic (exact) mass is 620 g/mol. The van der Waals surface area contributed by atoms with Crippen LogP contribution in [0.5, 0.6) is 0 Å². The quantitative estimate of drug-likeness (QED) is 0.244. The minimum absolute atomic E-state index is 0.132. The number of hydrogen-bond acceptors (Lipinski definition) is 9. The normalized spacial score (nSPS) is 13.4. The Morgan fingerprint density at radius 3 is 2.49 bits per heavy atom. The van der Waals surface area contributed by atoms with Gasteiger partial charge in [-0.3, -0.25) is 14.3 Å². The molecule has 1 fully saturated rings. The van der Waals surface area contributed by atoms with E-state index in [4.69, 9.17) is 15.7 Å². The van der Waals surface area contributed by atoms with Crippen molar-refractivity contribution >= 4 is 34.4 Å². The summed E-state index contributed by atoms with van der Waals surface area (Å²) in [6, 6.07) is 31.4. The van der Waals surface area contributed by atoms with Crippen LogP contribution in [0.1, 0.15) is 18.2 Å². The van der Waals surface area contributed by atoms with E-state index in [0.717, 1.165) is 66.6 Å². The first kappa shape index (κ1) is 29.6. The van der Waals surface area contributed by atoms with E-state index in [1.54, 1.807) is 12.3 Å². The molecule has 0 saturated carbocycles. The van der Waals surface area contributed by atoms with Gasteiger partial charge in [0.15, 0.2) is 11.5 Å². The number of carbonyl (C=O) groups excluding carboxylic acids is 1. The SMILES string of the molecule is CC(=O)Nc1cccc(-c2ccc3nc(-c4cccnc4N)n(-c4ccc(CN5CCN(c6cccc(C#N)n6)CC5)cc4)c3n2)c1. The molecule has 0 aliphatic carbocycles. The van der Waals surface area contributed by atoms with Crippen LogP contribution in [0.2, 0.25) is 0 Å². The van der Waals surface area contributed by atoms with Crippen LogP contribution in [-0.4, -0.2) is 61.5 Å². The molecule has 1 amide bonds. The van der Waals surface area contributed by atoms with Gasteiger partial charge in [-0.1, -0.05) is 30.3 Å². The van der Waals surface area contributed by atoms with Gasteiger partial charge in [0.1, 0.15) is 28.9 Å². The Hall–Kier alpha value is -6.12. The average molecular weight is 621 g/mol. The van der Waals surface area contributed by atoms with Crippen molar-refractivity contribution in [2.75, 3.05) is 42.1 Å². The number of nitrogen functional groups attached to an aromatic ring is 1. The van der Waals surface area contributed by atoms with Crippen LogP contribution >= 0.6 is 0 Å². The number of nitrogens with zero attached hydrogens (tertiary/aromatic N) is 8. The molecule has 4 aromatic heterocycles. The highest BCUT2D eigenvalue weighted by Gasteiger charge is 2.21. The Morgan fingerprint density at radius 2 is 1.72 bits per heavy atom. The van der Waals surface area contributed by atoms with E-state index in [2.05, 4.69) is 55.4 Å².